The van der Waals surface area contributed by atoms with Crippen LogP contribution in [0.5, 0.6) is 0 Å². The molecule has 1 aliphatic heterocycles. The SMILES string of the molecule is C#CCN1CCN(C(=O)C2CCCC2CN)CC1. The quantitative estimate of drug-likeness (QED) is 0.724. The number of hydrogen-bond donors (Lipinski definition) is 1. The van der Waals surface area contributed by atoms with E-state index in [0.717, 1.165) is 45.4 Å². The van der Waals surface area contributed by atoms with Crippen molar-refractivity contribution in [3.05, 3.63) is 0 Å². The van der Waals surface area contributed by atoms with Gasteiger partial charge < -0.3 is 10.6 Å². The molecule has 1 saturated heterocycles. The number of nitrogens with two attached hydrogens (primary N) is 1. The molecule has 4 nitrogen and oxygen atoms in total. The molecule has 2 atom stereocenters. The van der Waals surface area contributed by atoms with Crippen molar-refractivity contribution in [1.29, 1.82) is 0 Å². The van der Waals surface area contributed by atoms with E-state index in [2.05, 4.69) is 10.8 Å². The molecule has 1 aliphatic carbocycles. The molecule has 0 spiro atoms. The van der Waals surface area contributed by atoms with Crippen molar-refractivity contribution in [2.24, 2.45) is 17.6 Å². The van der Waals surface area contributed by atoms with Crippen LogP contribution in [0.4, 0.5) is 0 Å². The van der Waals surface area contributed by atoms with Crippen molar-refractivity contribution in [1.82, 2.24) is 9.80 Å². The average molecular weight is 249 g/mol. The standard InChI is InChI=1S/C14H23N3O/c1-2-6-16-7-9-17(10-8-16)14(18)13-5-3-4-12(13)11-15/h1,12-13H,3-11,15H2. The molecular weight excluding hydrogens is 226 g/mol. The van der Waals surface area contributed by atoms with Crippen LogP contribution in [-0.2, 0) is 4.79 Å². The zero-order valence-corrected chi connectivity index (χ0v) is 11.0. The summed E-state index contributed by atoms with van der Waals surface area (Å²) < 4.78 is 0. The zero-order valence-electron chi connectivity index (χ0n) is 11.0. The van der Waals surface area contributed by atoms with E-state index in [1.165, 1.54) is 0 Å². The summed E-state index contributed by atoms with van der Waals surface area (Å²) >= 11 is 0. The predicted octanol–water partition coefficient (Wildman–Crippen LogP) is 0.139. The van der Waals surface area contributed by atoms with Gasteiger partial charge in [0.2, 0.25) is 5.91 Å². The summed E-state index contributed by atoms with van der Waals surface area (Å²) in [4.78, 5) is 16.7. The van der Waals surface area contributed by atoms with Crippen molar-refractivity contribution in [2.45, 2.75) is 19.3 Å². The topological polar surface area (TPSA) is 49.6 Å². The van der Waals surface area contributed by atoms with Crippen molar-refractivity contribution in [3.8, 4) is 12.3 Å². The van der Waals surface area contributed by atoms with E-state index < -0.39 is 0 Å². The smallest absolute Gasteiger partial charge is 0.226 e. The Morgan fingerprint density at radius 2 is 2.00 bits per heavy atom. The summed E-state index contributed by atoms with van der Waals surface area (Å²) in [5.74, 6) is 3.56. The molecule has 2 aliphatic rings. The molecule has 2 N–H and O–H groups in total. The van der Waals surface area contributed by atoms with Gasteiger partial charge in [-0.3, -0.25) is 9.69 Å². The van der Waals surface area contributed by atoms with E-state index in [-0.39, 0.29) is 5.92 Å². The summed E-state index contributed by atoms with van der Waals surface area (Å²) in [5, 5.41) is 0. The molecule has 2 rings (SSSR count). The third-order valence-electron chi connectivity index (χ3n) is 4.28. The lowest BCUT2D eigenvalue weighted by Gasteiger charge is -2.36. The monoisotopic (exact) mass is 249 g/mol. The van der Waals surface area contributed by atoms with Gasteiger partial charge in [0, 0.05) is 32.1 Å². The molecular formula is C14H23N3O. The van der Waals surface area contributed by atoms with Gasteiger partial charge in [-0.25, -0.2) is 0 Å². The molecule has 1 amide bonds. The van der Waals surface area contributed by atoms with Crippen LogP contribution in [0, 0.1) is 24.2 Å². The molecule has 2 fully saturated rings. The second-order valence-electron chi connectivity index (χ2n) is 5.34. The Kier molecular flexibility index (Phi) is 4.62. The van der Waals surface area contributed by atoms with Gasteiger partial charge in [0.1, 0.15) is 0 Å². The molecule has 18 heavy (non-hydrogen) atoms. The minimum Gasteiger partial charge on any atom is -0.340 e. The van der Waals surface area contributed by atoms with Crippen LogP contribution in [-0.4, -0.2) is 55.0 Å². The van der Waals surface area contributed by atoms with E-state index in [0.29, 0.717) is 24.9 Å². The maximum atomic E-state index is 12.4. The highest BCUT2D eigenvalue weighted by Crippen LogP contribution is 2.32. The lowest BCUT2D eigenvalue weighted by Crippen LogP contribution is -2.51. The molecule has 0 bridgehead atoms. The third kappa shape index (κ3) is 2.85. The summed E-state index contributed by atoms with van der Waals surface area (Å²) in [5.41, 5.74) is 5.75. The number of rotatable bonds is 3. The van der Waals surface area contributed by atoms with E-state index >= 15 is 0 Å². The Hall–Kier alpha value is -1.05. The molecule has 2 unspecified atom stereocenters. The molecule has 0 aromatic rings. The number of amides is 1. The van der Waals surface area contributed by atoms with Crippen LogP contribution >= 0.6 is 0 Å². The zero-order chi connectivity index (χ0) is 13.0. The van der Waals surface area contributed by atoms with E-state index in [9.17, 15) is 4.79 Å². The molecule has 4 heteroatoms. The van der Waals surface area contributed by atoms with Crippen molar-refractivity contribution in [2.75, 3.05) is 39.3 Å². The number of carbonyl (C=O) groups excluding carboxylic acids is 1. The van der Waals surface area contributed by atoms with Crippen LogP contribution in [0.2, 0.25) is 0 Å². The maximum Gasteiger partial charge on any atom is 0.226 e. The van der Waals surface area contributed by atoms with Gasteiger partial charge >= 0.3 is 0 Å². The fourth-order valence-electron chi connectivity index (χ4n) is 3.13. The van der Waals surface area contributed by atoms with Crippen molar-refractivity contribution < 1.29 is 4.79 Å². The molecule has 100 valence electrons. The third-order valence-corrected chi connectivity index (χ3v) is 4.28. The highest BCUT2D eigenvalue weighted by Gasteiger charge is 2.35. The minimum absolute atomic E-state index is 0.175. The highest BCUT2D eigenvalue weighted by molar-refractivity contribution is 5.79. The average Bonchev–Trinajstić information content (AvgIpc) is 2.87. The first-order valence-electron chi connectivity index (χ1n) is 6.91. The fourth-order valence-corrected chi connectivity index (χ4v) is 3.13. The van der Waals surface area contributed by atoms with Gasteiger partial charge in [-0.1, -0.05) is 12.3 Å². The van der Waals surface area contributed by atoms with Gasteiger partial charge in [0.25, 0.3) is 0 Å². The Balaban J connectivity index is 1.86. The van der Waals surface area contributed by atoms with Crippen LogP contribution in [0.1, 0.15) is 19.3 Å². The molecule has 0 aromatic carbocycles. The predicted molar refractivity (Wildman–Crippen MR) is 71.7 cm³/mol. The molecule has 1 heterocycles. The van der Waals surface area contributed by atoms with Crippen LogP contribution in [0.15, 0.2) is 0 Å². The van der Waals surface area contributed by atoms with E-state index in [1.807, 2.05) is 4.90 Å². The number of terminal acetylenes is 1. The number of carbonyl (C=O) groups is 1. The number of piperazine rings is 1. The van der Waals surface area contributed by atoms with Gasteiger partial charge in [-0.2, -0.15) is 0 Å². The molecule has 0 aromatic heterocycles. The summed E-state index contributed by atoms with van der Waals surface area (Å²) in [6.45, 7) is 4.76. The Labute approximate surface area is 109 Å². The summed E-state index contributed by atoms with van der Waals surface area (Å²) in [6, 6.07) is 0. The number of nitrogens with zero attached hydrogens (tertiary/aromatic N) is 2. The Bertz CT molecular complexity index is 328. The second kappa shape index (κ2) is 6.21. The van der Waals surface area contributed by atoms with Gasteiger partial charge in [0.05, 0.1) is 6.54 Å². The van der Waals surface area contributed by atoms with Crippen LogP contribution < -0.4 is 5.73 Å². The highest BCUT2D eigenvalue weighted by atomic mass is 16.2. The van der Waals surface area contributed by atoms with Crippen LogP contribution in [0.25, 0.3) is 0 Å². The lowest BCUT2D eigenvalue weighted by atomic mass is 9.94. The molecule has 1 saturated carbocycles. The number of hydrogen-bond acceptors (Lipinski definition) is 3. The maximum absolute atomic E-state index is 12.4. The first-order chi connectivity index (χ1) is 8.76. The molecule has 0 radical (unpaired) electrons. The van der Waals surface area contributed by atoms with E-state index in [1.54, 1.807) is 0 Å². The first kappa shape index (κ1) is 13.4. The fraction of sp³-hybridized carbons (Fsp3) is 0.786. The van der Waals surface area contributed by atoms with Crippen LogP contribution in [0.3, 0.4) is 0 Å². The van der Waals surface area contributed by atoms with Gasteiger partial charge in [-0.15, -0.1) is 6.42 Å². The van der Waals surface area contributed by atoms with E-state index in [4.69, 9.17) is 12.2 Å². The first-order valence-corrected chi connectivity index (χ1v) is 6.91. The van der Waals surface area contributed by atoms with Crippen molar-refractivity contribution in [3.63, 3.8) is 0 Å². The van der Waals surface area contributed by atoms with Crippen molar-refractivity contribution >= 4 is 5.91 Å². The van der Waals surface area contributed by atoms with Gasteiger partial charge in [0.15, 0.2) is 0 Å². The summed E-state index contributed by atoms with van der Waals surface area (Å²) in [6.07, 6.45) is 8.59. The van der Waals surface area contributed by atoms with Gasteiger partial charge in [-0.05, 0) is 25.3 Å². The lowest BCUT2D eigenvalue weighted by molar-refractivity contribution is -0.138. The normalized spacial score (nSPS) is 29.2. The second-order valence-corrected chi connectivity index (χ2v) is 5.34. The Morgan fingerprint density at radius 1 is 1.28 bits per heavy atom. The minimum atomic E-state index is 0.175. The summed E-state index contributed by atoms with van der Waals surface area (Å²) in [7, 11) is 0. The Morgan fingerprint density at radius 3 is 2.61 bits per heavy atom. The largest absolute Gasteiger partial charge is 0.340 e.